The molecular formula is C24H30N4O. The van der Waals surface area contributed by atoms with Gasteiger partial charge in [0.25, 0.3) is 5.91 Å². The van der Waals surface area contributed by atoms with E-state index >= 15 is 0 Å². The Morgan fingerprint density at radius 3 is 2.79 bits per heavy atom. The monoisotopic (exact) mass is 390 g/mol. The molecule has 3 heterocycles. The second-order valence-corrected chi connectivity index (χ2v) is 9.29. The Labute approximate surface area is 172 Å². The predicted octanol–water partition coefficient (Wildman–Crippen LogP) is 3.53. The number of piperidine rings is 1. The van der Waals surface area contributed by atoms with E-state index in [1.165, 1.54) is 24.8 Å². The quantitative estimate of drug-likeness (QED) is 0.871. The zero-order valence-electron chi connectivity index (χ0n) is 17.3. The van der Waals surface area contributed by atoms with Crippen LogP contribution >= 0.6 is 0 Å². The SMILES string of the molecule is Cc1nccc(C(=O)N2[C@H]3CCCC[C@H]4N[C@@H](Cc5ccccc5)[C@@H]2C[C@@]34C)n1. The van der Waals surface area contributed by atoms with Crippen molar-refractivity contribution in [3.63, 3.8) is 0 Å². The third-order valence-electron chi connectivity index (χ3n) is 7.53. The molecule has 29 heavy (non-hydrogen) atoms. The van der Waals surface area contributed by atoms with Crippen molar-refractivity contribution < 1.29 is 4.79 Å². The fourth-order valence-electron chi connectivity index (χ4n) is 6.14. The minimum absolute atomic E-state index is 0.0802. The van der Waals surface area contributed by atoms with Gasteiger partial charge in [0.15, 0.2) is 0 Å². The standard InChI is InChI=1S/C24H30N4O/c1-16-25-13-12-18(26-16)23(29)28-20-15-24(2)21(10-6-7-11-22(24)28)27-19(20)14-17-8-4-3-5-9-17/h3-5,8-9,12-13,19-22,27H,6-7,10-11,14-15H2,1-2H3/t19-,20-,21+,22-,24+/m0/s1. The molecule has 1 aliphatic carbocycles. The van der Waals surface area contributed by atoms with Crippen molar-refractivity contribution in [2.24, 2.45) is 5.41 Å². The molecule has 2 saturated heterocycles. The van der Waals surface area contributed by atoms with Crippen LogP contribution in [0.1, 0.15) is 60.9 Å². The number of likely N-dealkylation sites (tertiary alicyclic amines) is 1. The van der Waals surface area contributed by atoms with Crippen molar-refractivity contribution in [1.82, 2.24) is 20.2 Å². The molecule has 1 N–H and O–H groups in total. The largest absolute Gasteiger partial charge is 0.329 e. The van der Waals surface area contributed by atoms with Gasteiger partial charge in [-0.05, 0) is 44.2 Å². The average molecular weight is 391 g/mol. The normalized spacial score (nSPS) is 33.4. The molecule has 1 aromatic heterocycles. The summed E-state index contributed by atoms with van der Waals surface area (Å²) in [5.41, 5.74) is 2.01. The fourth-order valence-corrected chi connectivity index (χ4v) is 6.14. The number of hydrogen-bond donors (Lipinski definition) is 1. The van der Waals surface area contributed by atoms with Crippen molar-refractivity contribution in [2.75, 3.05) is 0 Å². The fraction of sp³-hybridized carbons (Fsp3) is 0.542. The lowest BCUT2D eigenvalue weighted by Gasteiger charge is -2.43. The molecule has 1 amide bonds. The van der Waals surface area contributed by atoms with Gasteiger partial charge in [-0.3, -0.25) is 4.79 Å². The highest BCUT2D eigenvalue weighted by atomic mass is 16.2. The molecule has 5 rings (SSSR count). The van der Waals surface area contributed by atoms with Crippen molar-refractivity contribution in [3.05, 3.63) is 59.7 Å². The van der Waals surface area contributed by atoms with E-state index in [1.54, 1.807) is 12.3 Å². The number of carbonyl (C=O) groups is 1. The first-order chi connectivity index (χ1) is 14.1. The summed E-state index contributed by atoms with van der Waals surface area (Å²) < 4.78 is 0. The van der Waals surface area contributed by atoms with Gasteiger partial charge in [0.05, 0.1) is 0 Å². The molecule has 152 valence electrons. The maximum absolute atomic E-state index is 13.7. The number of hydrogen-bond acceptors (Lipinski definition) is 4. The maximum atomic E-state index is 13.7. The molecule has 2 aromatic rings. The predicted molar refractivity (Wildman–Crippen MR) is 113 cm³/mol. The van der Waals surface area contributed by atoms with Gasteiger partial charge in [-0.2, -0.15) is 0 Å². The molecular weight excluding hydrogens is 360 g/mol. The molecule has 3 fully saturated rings. The van der Waals surface area contributed by atoms with Crippen LogP contribution in [0.2, 0.25) is 0 Å². The summed E-state index contributed by atoms with van der Waals surface area (Å²) in [4.78, 5) is 24.6. The molecule has 3 aliphatic rings. The van der Waals surface area contributed by atoms with E-state index in [1.807, 2.05) is 6.92 Å². The van der Waals surface area contributed by atoms with E-state index < -0.39 is 0 Å². The molecule has 0 spiro atoms. The van der Waals surface area contributed by atoms with Crippen molar-refractivity contribution >= 4 is 5.91 Å². The summed E-state index contributed by atoms with van der Waals surface area (Å²) in [6.07, 6.45) is 8.48. The number of benzene rings is 1. The van der Waals surface area contributed by atoms with Crippen LogP contribution in [0.4, 0.5) is 0 Å². The van der Waals surface area contributed by atoms with Gasteiger partial charge in [0.2, 0.25) is 0 Å². The molecule has 2 aliphatic heterocycles. The van der Waals surface area contributed by atoms with E-state index in [9.17, 15) is 4.79 Å². The van der Waals surface area contributed by atoms with Crippen molar-refractivity contribution in [2.45, 2.75) is 76.5 Å². The van der Waals surface area contributed by atoms with E-state index in [-0.39, 0.29) is 29.4 Å². The summed E-state index contributed by atoms with van der Waals surface area (Å²) in [6, 6.07) is 13.7. The van der Waals surface area contributed by atoms with Crippen LogP contribution in [-0.4, -0.2) is 44.9 Å². The van der Waals surface area contributed by atoms with Gasteiger partial charge >= 0.3 is 0 Å². The molecule has 0 radical (unpaired) electrons. The Balaban J connectivity index is 1.52. The number of nitrogens with one attached hydrogen (secondary N) is 1. The molecule has 5 nitrogen and oxygen atoms in total. The number of aryl methyl sites for hydroxylation is 1. The first-order valence-electron chi connectivity index (χ1n) is 11.0. The number of fused-ring (bicyclic) bond motifs is 1. The molecule has 1 saturated carbocycles. The summed E-state index contributed by atoms with van der Waals surface area (Å²) in [5, 5.41) is 4.00. The Bertz CT molecular complexity index is 901. The number of aromatic nitrogens is 2. The van der Waals surface area contributed by atoms with Gasteiger partial charge in [-0.15, -0.1) is 0 Å². The Kier molecular flexibility index (Phi) is 4.66. The maximum Gasteiger partial charge on any atom is 0.273 e. The Hall–Kier alpha value is -2.27. The topological polar surface area (TPSA) is 58.1 Å². The minimum atomic E-state index is 0.0802. The zero-order valence-corrected chi connectivity index (χ0v) is 17.3. The van der Waals surface area contributed by atoms with E-state index in [0.29, 0.717) is 17.6 Å². The number of carbonyl (C=O) groups excluding carboxylic acids is 1. The van der Waals surface area contributed by atoms with Crippen molar-refractivity contribution in [3.8, 4) is 0 Å². The molecule has 0 unspecified atom stereocenters. The molecule has 5 heteroatoms. The Morgan fingerprint density at radius 2 is 2.00 bits per heavy atom. The van der Waals surface area contributed by atoms with Crippen LogP contribution in [0.3, 0.4) is 0 Å². The summed E-state index contributed by atoms with van der Waals surface area (Å²) in [5.74, 6) is 0.735. The average Bonchev–Trinajstić information content (AvgIpc) is 2.87. The second-order valence-electron chi connectivity index (χ2n) is 9.29. The lowest BCUT2D eigenvalue weighted by Crippen LogP contribution is -2.57. The van der Waals surface area contributed by atoms with Crippen LogP contribution in [-0.2, 0) is 6.42 Å². The van der Waals surface area contributed by atoms with Gasteiger partial charge in [0.1, 0.15) is 11.5 Å². The van der Waals surface area contributed by atoms with Gasteiger partial charge in [0, 0.05) is 35.8 Å². The van der Waals surface area contributed by atoms with Gasteiger partial charge in [-0.1, -0.05) is 50.1 Å². The van der Waals surface area contributed by atoms with Crippen LogP contribution < -0.4 is 5.32 Å². The van der Waals surface area contributed by atoms with Crippen molar-refractivity contribution in [1.29, 1.82) is 0 Å². The van der Waals surface area contributed by atoms with Gasteiger partial charge < -0.3 is 10.2 Å². The first-order valence-corrected chi connectivity index (χ1v) is 11.0. The highest BCUT2D eigenvalue weighted by molar-refractivity contribution is 5.93. The van der Waals surface area contributed by atoms with Crippen LogP contribution in [0.25, 0.3) is 0 Å². The number of nitrogens with zero attached hydrogens (tertiary/aromatic N) is 3. The lowest BCUT2D eigenvalue weighted by atomic mass is 9.70. The number of amides is 1. The third-order valence-corrected chi connectivity index (χ3v) is 7.53. The summed E-state index contributed by atoms with van der Waals surface area (Å²) in [7, 11) is 0. The third kappa shape index (κ3) is 3.16. The van der Waals surface area contributed by atoms with Crippen LogP contribution in [0.15, 0.2) is 42.6 Å². The summed E-state index contributed by atoms with van der Waals surface area (Å²) in [6.45, 7) is 4.26. The van der Waals surface area contributed by atoms with E-state index in [4.69, 9.17) is 0 Å². The van der Waals surface area contributed by atoms with Crippen LogP contribution in [0.5, 0.6) is 0 Å². The van der Waals surface area contributed by atoms with Gasteiger partial charge in [-0.25, -0.2) is 9.97 Å². The van der Waals surface area contributed by atoms with Crippen LogP contribution in [0, 0.1) is 12.3 Å². The molecule has 1 aromatic carbocycles. The minimum Gasteiger partial charge on any atom is -0.329 e. The number of rotatable bonds is 3. The summed E-state index contributed by atoms with van der Waals surface area (Å²) >= 11 is 0. The lowest BCUT2D eigenvalue weighted by molar-refractivity contribution is 0.0605. The molecule has 2 bridgehead atoms. The highest BCUT2D eigenvalue weighted by Crippen LogP contribution is 2.52. The first kappa shape index (κ1) is 18.7. The van der Waals surface area contributed by atoms with E-state index in [0.717, 1.165) is 19.3 Å². The zero-order chi connectivity index (χ0) is 20.0. The smallest absolute Gasteiger partial charge is 0.273 e. The second kappa shape index (κ2) is 7.21. The van der Waals surface area contributed by atoms with E-state index in [2.05, 4.69) is 57.4 Å². The highest BCUT2D eigenvalue weighted by Gasteiger charge is 2.60. The molecule has 5 atom stereocenters. The Morgan fingerprint density at radius 1 is 1.21 bits per heavy atom.